The zero-order valence-corrected chi connectivity index (χ0v) is 10.2. The predicted molar refractivity (Wildman–Crippen MR) is 66.7 cm³/mol. The molecular formula is C14H19NO2. The third kappa shape index (κ3) is 3.07. The van der Waals surface area contributed by atoms with Crippen molar-refractivity contribution in [3.05, 3.63) is 35.9 Å². The minimum absolute atomic E-state index is 0.0491. The van der Waals surface area contributed by atoms with Gasteiger partial charge in [0.25, 0.3) is 5.91 Å². The molecule has 0 spiro atoms. The summed E-state index contributed by atoms with van der Waals surface area (Å²) in [6.45, 7) is 3.17. The molecule has 1 aromatic rings. The Hall–Kier alpha value is -1.35. The number of benzene rings is 1. The van der Waals surface area contributed by atoms with E-state index in [9.17, 15) is 4.79 Å². The summed E-state index contributed by atoms with van der Waals surface area (Å²) in [7, 11) is 0. The van der Waals surface area contributed by atoms with Gasteiger partial charge in [0.05, 0.1) is 6.61 Å². The summed E-state index contributed by atoms with van der Waals surface area (Å²) in [6, 6.07) is 10.3. The van der Waals surface area contributed by atoms with Gasteiger partial charge in [-0.1, -0.05) is 30.3 Å². The number of hydrogen-bond donors (Lipinski definition) is 1. The van der Waals surface area contributed by atoms with Crippen LogP contribution >= 0.6 is 0 Å². The summed E-state index contributed by atoms with van der Waals surface area (Å²) in [5, 5.41) is 2.83. The van der Waals surface area contributed by atoms with E-state index in [4.69, 9.17) is 4.74 Å². The van der Waals surface area contributed by atoms with E-state index in [-0.39, 0.29) is 5.91 Å². The fourth-order valence-corrected chi connectivity index (χ4v) is 2.02. The zero-order chi connectivity index (χ0) is 12.1. The van der Waals surface area contributed by atoms with E-state index in [1.807, 2.05) is 25.1 Å². The molecule has 0 radical (unpaired) electrons. The van der Waals surface area contributed by atoms with Crippen molar-refractivity contribution < 1.29 is 9.53 Å². The van der Waals surface area contributed by atoms with Gasteiger partial charge in [0.1, 0.15) is 0 Å². The van der Waals surface area contributed by atoms with Gasteiger partial charge in [0.15, 0.2) is 5.60 Å². The molecular weight excluding hydrogens is 214 g/mol. The van der Waals surface area contributed by atoms with Gasteiger partial charge in [0, 0.05) is 6.54 Å². The molecule has 3 nitrogen and oxygen atoms in total. The molecule has 92 valence electrons. The third-order valence-electron chi connectivity index (χ3n) is 3.13. The third-order valence-corrected chi connectivity index (χ3v) is 3.13. The average Bonchev–Trinajstić information content (AvgIpc) is 3.12. The molecule has 0 unspecified atom stereocenters. The van der Waals surface area contributed by atoms with E-state index in [0.717, 1.165) is 19.3 Å². The van der Waals surface area contributed by atoms with Gasteiger partial charge >= 0.3 is 0 Å². The molecule has 0 aromatic heterocycles. The molecule has 1 aliphatic rings. The van der Waals surface area contributed by atoms with Gasteiger partial charge in [-0.2, -0.15) is 0 Å². The summed E-state index contributed by atoms with van der Waals surface area (Å²) >= 11 is 0. The Balaban J connectivity index is 1.77. The Kier molecular flexibility index (Phi) is 3.79. The molecule has 1 N–H and O–H groups in total. The second-order valence-corrected chi connectivity index (χ2v) is 4.48. The quantitative estimate of drug-likeness (QED) is 0.763. The Morgan fingerprint density at radius 1 is 1.41 bits per heavy atom. The van der Waals surface area contributed by atoms with Crippen LogP contribution in [-0.4, -0.2) is 24.7 Å². The lowest BCUT2D eigenvalue weighted by molar-refractivity contribution is -0.126. The maximum Gasteiger partial charge on any atom is 0.254 e. The maximum atomic E-state index is 11.7. The molecule has 0 aliphatic carbocycles. The van der Waals surface area contributed by atoms with Crippen LogP contribution in [0, 0.1) is 0 Å². The first-order valence-corrected chi connectivity index (χ1v) is 6.23. The average molecular weight is 233 g/mol. The standard InChI is InChI=1S/C14H19NO2/c1-2-15-13(16)14(11-17-14)10-6-9-12-7-4-3-5-8-12/h3-5,7-8H,2,6,9-11H2,1H3,(H,15,16)/t14-/m1/s1. The molecule has 1 fully saturated rings. The van der Waals surface area contributed by atoms with E-state index < -0.39 is 5.60 Å². The van der Waals surface area contributed by atoms with Crippen molar-refractivity contribution in [3.63, 3.8) is 0 Å². The lowest BCUT2D eigenvalue weighted by atomic mass is 9.99. The van der Waals surface area contributed by atoms with Gasteiger partial charge in [-0.3, -0.25) is 4.79 Å². The first-order chi connectivity index (χ1) is 8.27. The van der Waals surface area contributed by atoms with Crippen molar-refractivity contribution in [1.29, 1.82) is 0 Å². The van der Waals surface area contributed by atoms with Crippen LogP contribution in [0.3, 0.4) is 0 Å². The van der Waals surface area contributed by atoms with Gasteiger partial charge in [-0.15, -0.1) is 0 Å². The second kappa shape index (κ2) is 5.32. The van der Waals surface area contributed by atoms with E-state index in [0.29, 0.717) is 13.2 Å². The van der Waals surface area contributed by atoms with Crippen LogP contribution in [0.25, 0.3) is 0 Å². The number of hydrogen-bond acceptors (Lipinski definition) is 2. The normalized spacial score (nSPS) is 22.2. The Bertz CT molecular complexity index is 371. The monoisotopic (exact) mass is 233 g/mol. The highest BCUT2D eigenvalue weighted by atomic mass is 16.6. The fraction of sp³-hybridized carbons (Fsp3) is 0.500. The van der Waals surface area contributed by atoms with Gasteiger partial charge in [0.2, 0.25) is 0 Å². The number of rotatable bonds is 6. The molecule has 1 heterocycles. The number of aryl methyl sites for hydroxylation is 1. The molecule has 0 saturated carbocycles. The summed E-state index contributed by atoms with van der Waals surface area (Å²) in [5.41, 5.74) is 0.810. The maximum absolute atomic E-state index is 11.7. The van der Waals surface area contributed by atoms with Crippen molar-refractivity contribution >= 4 is 5.91 Å². The van der Waals surface area contributed by atoms with Crippen LogP contribution in [0.5, 0.6) is 0 Å². The second-order valence-electron chi connectivity index (χ2n) is 4.48. The number of likely N-dealkylation sites (N-methyl/N-ethyl adjacent to an activating group) is 1. The molecule has 0 bridgehead atoms. The van der Waals surface area contributed by atoms with Crippen molar-refractivity contribution in [2.45, 2.75) is 31.8 Å². The number of carbonyl (C=O) groups is 1. The van der Waals surface area contributed by atoms with Gasteiger partial charge in [-0.25, -0.2) is 0 Å². The highest BCUT2D eigenvalue weighted by Crippen LogP contribution is 2.32. The number of nitrogens with one attached hydrogen (secondary N) is 1. The lowest BCUT2D eigenvalue weighted by Crippen LogP contribution is -2.37. The van der Waals surface area contributed by atoms with Crippen molar-refractivity contribution in [2.75, 3.05) is 13.2 Å². The summed E-state index contributed by atoms with van der Waals surface area (Å²) in [4.78, 5) is 11.7. The lowest BCUT2D eigenvalue weighted by Gasteiger charge is -2.11. The Labute approximate surface area is 102 Å². The van der Waals surface area contributed by atoms with E-state index >= 15 is 0 Å². The van der Waals surface area contributed by atoms with Gasteiger partial charge in [-0.05, 0) is 31.7 Å². The van der Waals surface area contributed by atoms with Gasteiger partial charge < -0.3 is 10.1 Å². The molecule has 3 heteroatoms. The fourth-order valence-electron chi connectivity index (χ4n) is 2.02. The molecule has 17 heavy (non-hydrogen) atoms. The molecule has 1 aromatic carbocycles. The van der Waals surface area contributed by atoms with Crippen LogP contribution in [-0.2, 0) is 16.0 Å². The summed E-state index contributed by atoms with van der Waals surface area (Å²) in [5.74, 6) is 0.0491. The van der Waals surface area contributed by atoms with Crippen LogP contribution in [0.4, 0.5) is 0 Å². The highest BCUT2D eigenvalue weighted by Gasteiger charge is 2.51. The predicted octanol–water partition coefficient (Wildman–Crippen LogP) is 1.91. The first-order valence-electron chi connectivity index (χ1n) is 6.23. The van der Waals surface area contributed by atoms with Crippen LogP contribution in [0.15, 0.2) is 30.3 Å². The molecule has 1 amide bonds. The highest BCUT2D eigenvalue weighted by molar-refractivity contribution is 5.87. The van der Waals surface area contributed by atoms with Crippen LogP contribution in [0.1, 0.15) is 25.3 Å². The number of ether oxygens (including phenoxy) is 1. The number of carbonyl (C=O) groups excluding carboxylic acids is 1. The Morgan fingerprint density at radius 2 is 2.12 bits per heavy atom. The minimum atomic E-state index is -0.509. The van der Waals surface area contributed by atoms with Crippen molar-refractivity contribution in [3.8, 4) is 0 Å². The Morgan fingerprint density at radius 3 is 2.71 bits per heavy atom. The van der Waals surface area contributed by atoms with E-state index in [1.54, 1.807) is 0 Å². The zero-order valence-electron chi connectivity index (χ0n) is 10.2. The number of amides is 1. The van der Waals surface area contributed by atoms with Crippen molar-refractivity contribution in [1.82, 2.24) is 5.32 Å². The smallest absolute Gasteiger partial charge is 0.254 e. The van der Waals surface area contributed by atoms with Crippen LogP contribution in [0.2, 0.25) is 0 Å². The van der Waals surface area contributed by atoms with Crippen molar-refractivity contribution in [2.24, 2.45) is 0 Å². The minimum Gasteiger partial charge on any atom is -0.359 e. The summed E-state index contributed by atoms with van der Waals surface area (Å²) in [6.07, 6.45) is 2.81. The van der Waals surface area contributed by atoms with E-state index in [1.165, 1.54) is 5.56 Å². The SMILES string of the molecule is CCNC(=O)[C@@]1(CCCc2ccccc2)CO1. The first kappa shape index (κ1) is 12.1. The molecule has 2 rings (SSSR count). The largest absolute Gasteiger partial charge is 0.359 e. The summed E-state index contributed by atoms with van der Waals surface area (Å²) < 4.78 is 5.34. The van der Waals surface area contributed by atoms with E-state index in [2.05, 4.69) is 17.4 Å². The molecule has 1 aliphatic heterocycles. The molecule has 1 atom stereocenters. The van der Waals surface area contributed by atoms with Crippen LogP contribution < -0.4 is 5.32 Å². The molecule has 1 saturated heterocycles. The number of epoxide rings is 1. The topological polar surface area (TPSA) is 41.6 Å².